The van der Waals surface area contributed by atoms with Gasteiger partial charge in [-0.2, -0.15) is 13.7 Å². The van der Waals surface area contributed by atoms with Crippen molar-refractivity contribution in [1.29, 1.82) is 5.26 Å². The van der Waals surface area contributed by atoms with Gasteiger partial charge in [0.2, 0.25) is 0 Å². The minimum Gasteiger partial charge on any atom is -0.351 e. The summed E-state index contributed by atoms with van der Waals surface area (Å²) in [5, 5.41) is 8.64. The van der Waals surface area contributed by atoms with Crippen LogP contribution in [0.4, 0.5) is 5.82 Å². The minimum absolute atomic E-state index is 0.0153. The fourth-order valence-electron chi connectivity index (χ4n) is 1.60. The second-order valence-corrected chi connectivity index (χ2v) is 5.87. The molecule has 0 radical (unpaired) electrons. The quantitative estimate of drug-likeness (QED) is 0.739. The van der Waals surface area contributed by atoms with Crippen molar-refractivity contribution in [2.75, 3.05) is 23.7 Å². The van der Waals surface area contributed by atoms with Crippen LogP contribution in [-0.4, -0.2) is 38.3 Å². The molecule has 0 bridgehead atoms. The van der Waals surface area contributed by atoms with E-state index >= 15 is 0 Å². The van der Waals surface area contributed by atoms with Crippen molar-refractivity contribution < 1.29 is 12.6 Å². The summed E-state index contributed by atoms with van der Waals surface area (Å²) in [5.74, 6) is 0.710. The first-order valence-corrected chi connectivity index (χ1v) is 7.14. The molecule has 0 aromatic carbocycles. The molecule has 1 saturated heterocycles. The number of nitriles is 1. The van der Waals surface area contributed by atoms with Crippen molar-refractivity contribution >= 4 is 15.9 Å². The molecule has 0 unspecified atom stereocenters. The second kappa shape index (κ2) is 4.92. The lowest BCUT2D eigenvalue weighted by Crippen LogP contribution is -2.53. The van der Waals surface area contributed by atoms with Gasteiger partial charge in [0.05, 0.1) is 11.3 Å². The van der Waals surface area contributed by atoms with Crippen LogP contribution in [0, 0.1) is 11.3 Å². The van der Waals surface area contributed by atoms with Gasteiger partial charge >= 0.3 is 0 Å². The number of rotatable bonds is 4. The molecular weight excluding hydrogens is 254 g/mol. The Morgan fingerprint density at radius 2 is 2.28 bits per heavy atom. The summed E-state index contributed by atoms with van der Waals surface area (Å²) in [7, 11) is -3.39. The Morgan fingerprint density at radius 3 is 2.78 bits per heavy atom. The number of aromatic nitrogens is 1. The van der Waals surface area contributed by atoms with Gasteiger partial charge < -0.3 is 4.90 Å². The Morgan fingerprint density at radius 1 is 1.56 bits per heavy atom. The number of anilines is 1. The van der Waals surface area contributed by atoms with Crippen molar-refractivity contribution in [3.8, 4) is 6.07 Å². The highest BCUT2D eigenvalue weighted by Crippen LogP contribution is 2.21. The molecule has 0 atom stereocenters. The average molecular weight is 267 g/mol. The summed E-state index contributed by atoms with van der Waals surface area (Å²) >= 11 is 0. The fourth-order valence-corrected chi connectivity index (χ4v) is 2.27. The van der Waals surface area contributed by atoms with Crippen LogP contribution in [0.1, 0.15) is 12.5 Å². The van der Waals surface area contributed by atoms with E-state index in [0.717, 1.165) is 5.82 Å². The molecule has 1 aliphatic heterocycles. The smallest absolute Gasteiger partial charge is 0.267 e. The summed E-state index contributed by atoms with van der Waals surface area (Å²) in [6.07, 6.45) is 1.19. The normalized spacial score (nSPS) is 16.1. The van der Waals surface area contributed by atoms with E-state index in [0.29, 0.717) is 18.7 Å². The van der Waals surface area contributed by atoms with Gasteiger partial charge in [-0.25, -0.2) is 4.98 Å². The first-order chi connectivity index (χ1) is 8.54. The number of hydrogen-bond donors (Lipinski definition) is 0. The van der Waals surface area contributed by atoms with Crippen LogP contribution in [0.2, 0.25) is 0 Å². The third-order valence-electron chi connectivity index (χ3n) is 2.69. The predicted molar refractivity (Wildman–Crippen MR) is 65.5 cm³/mol. The summed E-state index contributed by atoms with van der Waals surface area (Å²) in [4.78, 5) is 6.02. The molecule has 2 rings (SSSR count). The van der Waals surface area contributed by atoms with E-state index in [1.807, 2.05) is 11.0 Å². The van der Waals surface area contributed by atoms with Crippen LogP contribution in [0.15, 0.2) is 18.3 Å². The second-order valence-electron chi connectivity index (χ2n) is 3.99. The van der Waals surface area contributed by atoms with Crippen molar-refractivity contribution in [3.05, 3.63) is 23.9 Å². The van der Waals surface area contributed by atoms with Gasteiger partial charge in [0.15, 0.2) is 0 Å². The minimum atomic E-state index is -3.39. The zero-order chi connectivity index (χ0) is 13.2. The Labute approximate surface area is 106 Å². The van der Waals surface area contributed by atoms with Crippen molar-refractivity contribution in [2.24, 2.45) is 0 Å². The molecule has 7 heteroatoms. The molecule has 6 nitrogen and oxygen atoms in total. The van der Waals surface area contributed by atoms with Gasteiger partial charge in [-0.1, -0.05) is 0 Å². The Bertz CT molecular complexity index is 556. The van der Waals surface area contributed by atoms with Crippen LogP contribution < -0.4 is 4.90 Å². The van der Waals surface area contributed by atoms with Crippen molar-refractivity contribution in [1.82, 2.24) is 4.98 Å². The van der Waals surface area contributed by atoms with Crippen LogP contribution >= 0.6 is 0 Å². The monoisotopic (exact) mass is 267 g/mol. The molecule has 0 amide bonds. The maximum Gasteiger partial charge on any atom is 0.267 e. The molecule has 0 spiro atoms. The van der Waals surface area contributed by atoms with Crippen LogP contribution in [0.25, 0.3) is 0 Å². The van der Waals surface area contributed by atoms with Crippen molar-refractivity contribution in [3.63, 3.8) is 0 Å². The van der Waals surface area contributed by atoms with Crippen molar-refractivity contribution in [2.45, 2.75) is 13.0 Å². The van der Waals surface area contributed by atoms with E-state index in [-0.39, 0.29) is 11.9 Å². The lowest BCUT2D eigenvalue weighted by Gasteiger charge is -2.38. The topological polar surface area (TPSA) is 83.3 Å². The highest BCUT2D eigenvalue weighted by molar-refractivity contribution is 7.86. The summed E-state index contributed by atoms with van der Waals surface area (Å²) in [5.41, 5.74) is 0.501. The summed E-state index contributed by atoms with van der Waals surface area (Å²) in [6, 6.07) is 5.41. The maximum atomic E-state index is 11.2. The number of pyridine rings is 1. The van der Waals surface area contributed by atoms with Gasteiger partial charge in [-0.3, -0.25) is 4.18 Å². The molecule has 0 aliphatic carbocycles. The molecule has 1 aliphatic rings. The molecule has 0 saturated carbocycles. The Balaban J connectivity index is 1.91. The van der Waals surface area contributed by atoms with Crippen LogP contribution in [0.3, 0.4) is 0 Å². The van der Waals surface area contributed by atoms with E-state index in [1.54, 1.807) is 19.1 Å². The molecule has 1 fully saturated rings. The summed E-state index contributed by atoms with van der Waals surface area (Å²) < 4.78 is 27.4. The standard InChI is InChI=1S/C11H13N3O3S/c1-2-18(15,16)17-10-7-14(8-10)11-4-3-9(5-12)6-13-11/h3-4,6,10H,2,7-8H2,1H3. The van der Waals surface area contributed by atoms with E-state index in [1.165, 1.54) is 6.20 Å². The van der Waals surface area contributed by atoms with Gasteiger partial charge in [-0.05, 0) is 19.1 Å². The lowest BCUT2D eigenvalue weighted by molar-refractivity contribution is 0.175. The highest BCUT2D eigenvalue weighted by atomic mass is 32.2. The predicted octanol–water partition coefficient (Wildman–Crippen LogP) is 0.508. The van der Waals surface area contributed by atoms with Crippen LogP contribution in [-0.2, 0) is 14.3 Å². The molecule has 1 aromatic rings. The molecule has 0 N–H and O–H groups in total. The third-order valence-corrected chi connectivity index (χ3v) is 3.96. The highest BCUT2D eigenvalue weighted by Gasteiger charge is 2.32. The third kappa shape index (κ3) is 2.78. The van der Waals surface area contributed by atoms with Gasteiger partial charge in [0.25, 0.3) is 10.1 Å². The molecular formula is C11H13N3O3S. The van der Waals surface area contributed by atoms with E-state index in [9.17, 15) is 8.42 Å². The fraction of sp³-hybridized carbons (Fsp3) is 0.455. The Hall–Kier alpha value is -1.65. The molecule has 96 valence electrons. The first-order valence-electron chi connectivity index (χ1n) is 5.56. The van der Waals surface area contributed by atoms with Gasteiger partial charge in [-0.15, -0.1) is 0 Å². The van der Waals surface area contributed by atoms with Crippen LogP contribution in [0.5, 0.6) is 0 Å². The van der Waals surface area contributed by atoms with E-state index in [4.69, 9.17) is 9.44 Å². The zero-order valence-corrected chi connectivity index (χ0v) is 10.7. The van der Waals surface area contributed by atoms with Gasteiger partial charge in [0, 0.05) is 19.3 Å². The summed E-state index contributed by atoms with van der Waals surface area (Å²) in [6.45, 7) is 2.55. The SMILES string of the molecule is CCS(=O)(=O)OC1CN(c2ccc(C#N)cn2)C1. The van der Waals surface area contributed by atoms with E-state index in [2.05, 4.69) is 4.98 Å². The molecule has 2 heterocycles. The van der Waals surface area contributed by atoms with E-state index < -0.39 is 10.1 Å². The molecule has 18 heavy (non-hydrogen) atoms. The largest absolute Gasteiger partial charge is 0.351 e. The average Bonchev–Trinajstić information content (AvgIpc) is 2.34. The maximum absolute atomic E-state index is 11.2. The number of nitrogens with zero attached hydrogens (tertiary/aromatic N) is 3. The Kier molecular flexibility index (Phi) is 3.50. The zero-order valence-electron chi connectivity index (χ0n) is 9.91. The van der Waals surface area contributed by atoms with Gasteiger partial charge in [0.1, 0.15) is 18.0 Å². The number of hydrogen-bond acceptors (Lipinski definition) is 6. The lowest BCUT2D eigenvalue weighted by atomic mass is 10.1. The first kappa shape index (κ1) is 12.8. The molecule has 1 aromatic heterocycles.